The van der Waals surface area contributed by atoms with Crippen LogP contribution in [0, 0.1) is 0 Å². The van der Waals surface area contributed by atoms with E-state index < -0.39 is 39.2 Å². The fraction of sp³-hybridized carbons (Fsp3) is 0. The van der Waals surface area contributed by atoms with Crippen molar-refractivity contribution in [2.75, 3.05) is 0 Å². The van der Waals surface area contributed by atoms with Gasteiger partial charge >= 0.3 is 11.9 Å². The summed E-state index contributed by atoms with van der Waals surface area (Å²) in [7, 11) is -4.44. The number of azo groups is 2. The van der Waals surface area contributed by atoms with Crippen molar-refractivity contribution >= 4 is 77.5 Å². The summed E-state index contributed by atoms with van der Waals surface area (Å²) in [6.45, 7) is 0. The van der Waals surface area contributed by atoms with Crippen molar-refractivity contribution in [2.45, 2.75) is 4.90 Å². The quantitative estimate of drug-likeness (QED) is 0.110. The van der Waals surface area contributed by atoms with Crippen LogP contribution in [0.4, 0.5) is 22.7 Å². The molecule has 0 saturated heterocycles. The van der Waals surface area contributed by atoms with Gasteiger partial charge in [0.25, 0.3) is 10.1 Å². The van der Waals surface area contributed by atoms with E-state index in [1.807, 2.05) is 0 Å². The number of carboxylic acid groups (broad SMARTS) is 2. The molecule has 16 heteroatoms. The maximum Gasteiger partial charge on any atom is 0.357 e. The van der Waals surface area contributed by atoms with E-state index in [-0.39, 0.29) is 44.1 Å². The molecule has 0 spiro atoms. The van der Waals surface area contributed by atoms with E-state index in [1.165, 1.54) is 66.9 Å². The highest BCUT2D eigenvalue weighted by molar-refractivity contribution is 7.85. The number of carbonyl (C=O) groups is 2. The number of pyridine rings is 3. The van der Waals surface area contributed by atoms with E-state index in [0.29, 0.717) is 16.3 Å². The van der Waals surface area contributed by atoms with Crippen molar-refractivity contribution in [1.29, 1.82) is 0 Å². The SMILES string of the molecule is O=C(O)c1ccc2c(/N=N/c3cnc4ccc(S(=O)(=O)O)cc4c3)ccc(/N=N/c3c(C(=O)O)nc4ccccc4c3O)c2n1. The molecule has 4 N–H and O–H groups in total. The van der Waals surface area contributed by atoms with Crippen molar-refractivity contribution in [3.05, 3.63) is 90.4 Å². The lowest BCUT2D eigenvalue weighted by Gasteiger charge is -2.08. The molecule has 6 aromatic rings. The largest absolute Gasteiger partial charge is 0.505 e. The molecule has 0 atom stereocenters. The number of carboxylic acids is 2. The molecular formula is C29H17N7O8S. The number of hydrogen-bond donors (Lipinski definition) is 4. The predicted octanol–water partition coefficient (Wildman–Crippen LogP) is 6.51. The standard InChI is InChI=1S/C29H17N7O8S/c37-27-18-3-1-2-4-20(18)31-26(29(40)41)25(27)36-35-22-10-9-21(17-6-8-23(28(38)39)32-24(17)22)34-33-15-11-14-12-16(45(42,43)44)5-7-19(14)30-13-15/h1-13H,(H,31,37)(H,38,39)(H,40,41)(H,42,43,44)/b34-33+,36-35+. The van der Waals surface area contributed by atoms with E-state index in [0.717, 1.165) is 0 Å². The molecule has 0 radical (unpaired) electrons. The van der Waals surface area contributed by atoms with Gasteiger partial charge < -0.3 is 15.3 Å². The Labute approximate surface area is 251 Å². The Morgan fingerprint density at radius 1 is 0.733 bits per heavy atom. The highest BCUT2D eigenvalue weighted by Gasteiger charge is 2.20. The summed E-state index contributed by atoms with van der Waals surface area (Å²) >= 11 is 0. The third kappa shape index (κ3) is 5.61. The summed E-state index contributed by atoms with van der Waals surface area (Å²) in [6.07, 6.45) is 1.40. The lowest BCUT2D eigenvalue weighted by molar-refractivity contribution is 0.0680. The number of rotatable bonds is 7. The molecule has 0 unspecified atom stereocenters. The Hall–Kier alpha value is -6.26. The minimum absolute atomic E-state index is 0.0288. The molecule has 0 aliphatic heterocycles. The number of fused-ring (bicyclic) bond motifs is 3. The summed E-state index contributed by atoms with van der Waals surface area (Å²) in [4.78, 5) is 35.7. The first kappa shape index (κ1) is 28.8. The first-order chi connectivity index (χ1) is 21.5. The number of aromatic nitrogens is 3. The minimum atomic E-state index is -4.44. The lowest BCUT2D eigenvalue weighted by Crippen LogP contribution is -2.01. The van der Waals surface area contributed by atoms with Gasteiger partial charge in [-0.3, -0.25) is 9.54 Å². The number of aromatic hydroxyl groups is 1. The molecule has 0 bridgehead atoms. The molecule has 0 amide bonds. The summed E-state index contributed by atoms with van der Waals surface area (Å²) < 4.78 is 32.4. The second kappa shape index (κ2) is 11.1. The molecule has 45 heavy (non-hydrogen) atoms. The van der Waals surface area contributed by atoms with Crippen molar-refractivity contribution in [3.8, 4) is 5.75 Å². The van der Waals surface area contributed by atoms with Gasteiger partial charge in [-0.25, -0.2) is 19.6 Å². The molecule has 0 aliphatic carbocycles. The summed E-state index contributed by atoms with van der Waals surface area (Å²) in [6, 6.07) is 17.3. The summed E-state index contributed by atoms with van der Waals surface area (Å²) in [5.41, 5.74) is -0.0434. The molecule has 3 heterocycles. The fourth-order valence-corrected chi connectivity index (χ4v) is 4.95. The third-order valence-electron chi connectivity index (χ3n) is 6.54. The molecule has 222 valence electrons. The Morgan fingerprint density at radius 2 is 1.49 bits per heavy atom. The number of nitrogens with zero attached hydrogens (tertiary/aromatic N) is 7. The Balaban J connectivity index is 1.44. The van der Waals surface area contributed by atoms with Crippen LogP contribution in [0.1, 0.15) is 21.0 Å². The molecule has 0 aliphatic rings. The molecule has 0 saturated carbocycles. The normalized spacial score (nSPS) is 12.1. The molecule has 3 aromatic carbocycles. The van der Waals surface area contributed by atoms with Crippen molar-refractivity contribution in [2.24, 2.45) is 20.5 Å². The van der Waals surface area contributed by atoms with E-state index in [1.54, 1.807) is 12.1 Å². The molecule has 3 aromatic heterocycles. The predicted molar refractivity (Wildman–Crippen MR) is 159 cm³/mol. The van der Waals surface area contributed by atoms with Crippen LogP contribution in [0.5, 0.6) is 5.75 Å². The first-order valence-corrected chi connectivity index (χ1v) is 14.2. The van der Waals surface area contributed by atoms with Crippen LogP contribution in [0.15, 0.2) is 104 Å². The van der Waals surface area contributed by atoms with Gasteiger partial charge in [-0.15, -0.1) is 20.5 Å². The smallest absolute Gasteiger partial charge is 0.357 e. The first-order valence-electron chi connectivity index (χ1n) is 12.7. The topological polar surface area (TPSA) is 237 Å². The zero-order valence-electron chi connectivity index (χ0n) is 22.5. The second-order valence-electron chi connectivity index (χ2n) is 9.40. The monoisotopic (exact) mass is 623 g/mol. The van der Waals surface area contributed by atoms with E-state index >= 15 is 0 Å². The van der Waals surface area contributed by atoms with Crippen LogP contribution in [0.3, 0.4) is 0 Å². The highest BCUT2D eigenvalue weighted by Crippen LogP contribution is 2.39. The number of hydrogen-bond acceptors (Lipinski definition) is 12. The van der Waals surface area contributed by atoms with Crippen LogP contribution >= 0.6 is 0 Å². The van der Waals surface area contributed by atoms with Gasteiger partial charge in [0.1, 0.15) is 22.6 Å². The number of benzene rings is 3. The maximum atomic E-state index is 11.9. The average Bonchev–Trinajstić information content (AvgIpc) is 3.02. The second-order valence-corrected chi connectivity index (χ2v) is 10.8. The Kier molecular flexibility index (Phi) is 7.12. The van der Waals surface area contributed by atoms with Crippen LogP contribution in [-0.4, -0.2) is 55.2 Å². The highest BCUT2D eigenvalue weighted by atomic mass is 32.2. The van der Waals surface area contributed by atoms with Crippen LogP contribution in [0.2, 0.25) is 0 Å². The minimum Gasteiger partial charge on any atom is -0.505 e. The number of aromatic carboxylic acids is 2. The molecular weight excluding hydrogens is 606 g/mol. The average molecular weight is 624 g/mol. The van der Waals surface area contributed by atoms with Gasteiger partial charge in [0.2, 0.25) is 0 Å². The molecule has 6 rings (SSSR count). The molecule has 0 fully saturated rings. The van der Waals surface area contributed by atoms with Gasteiger partial charge in [-0.2, -0.15) is 8.42 Å². The maximum absolute atomic E-state index is 11.9. The van der Waals surface area contributed by atoms with Crippen LogP contribution < -0.4 is 0 Å². The van der Waals surface area contributed by atoms with Gasteiger partial charge in [0, 0.05) is 16.2 Å². The lowest BCUT2D eigenvalue weighted by atomic mass is 10.1. The summed E-state index contributed by atoms with van der Waals surface area (Å²) in [5.74, 6) is -3.22. The zero-order chi connectivity index (χ0) is 31.9. The Bertz CT molecular complexity index is 2400. The van der Waals surface area contributed by atoms with Crippen LogP contribution in [-0.2, 0) is 10.1 Å². The van der Waals surface area contributed by atoms with Crippen molar-refractivity contribution < 1.29 is 37.9 Å². The van der Waals surface area contributed by atoms with E-state index in [2.05, 4.69) is 35.4 Å². The third-order valence-corrected chi connectivity index (χ3v) is 7.39. The van der Waals surface area contributed by atoms with Gasteiger partial charge in [0.05, 0.1) is 27.8 Å². The number of para-hydroxylation sites is 1. The van der Waals surface area contributed by atoms with E-state index in [9.17, 15) is 37.9 Å². The van der Waals surface area contributed by atoms with Gasteiger partial charge in [-0.1, -0.05) is 12.1 Å². The van der Waals surface area contributed by atoms with Crippen molar-refractivity contribution in [3.63, 3.8) is 0 Å². The van der Waals surface area contributed by atoms with Gasteiger partial charge in [0.15, 0.2) is 17.1 Å². The fourth-order valence-electron chi connectivity index (χ4n) is 4.43. The molecule has 15 nitrogen and oxygen atoms in total. The van der Waals surface area contributed by atoms with Crippen molar-refractivity contribution in [1.82, 2.24) is 15.0 Å². The van der Waals surface area contributed by atoms with E-state index in [4.69, 9.17) is 0 Å². The van der Waals surface area contributed by atoms with Gasteiger partial charge in [-0.05, 0) is 60.7 Å². The zero-order valence-corrected chi connectivity index (χ0v) is 23.3. The summed E-state index contributed by atoms with van der Waals surface area (Å²) in [5, 5.41) is 47.4. The Morgan fingerprint density at radius 3 is 2.24 bits per heavy atom. The van der Waals surface area contributed by atoms with Crippen LogP contribution in [0.25, 0.3) is 32.7 Å².